The van der Waals surface area contributed by atoms with Crippen LogP contribution in [0.4, 0.5) is 4.39 Å². The summed E-state index contributed by atoms with van der Waals surface area (Å²) < 4.78 is 21.3. The normalized spacial score (nSPS) is 17.4. The molecule has 2 aromatic rings. The average molecular weight is 266 g/mol. The van der Waals surface area contributed by atoms with Gasteiger partial charge in [0, 0.05) is 19.8 Å². The molecule has 0 amide bonds. The molecule has 96 valence electrons. The second-order valence-corrected chi connectivity index (χ2v) is 5.14. The van der Waals surface area contributed by atoms with Crippen molar-refractivity contribution in [2.45, 2.75) is 19.4 Å². The van der Waals surface area contributed by atoms with Crippen molar-refractivity contribution in [3.05, 3.63) is 28.8 Å². The number of H-pyrrole nitrogens is 1. The third kappa shape index (κ3) is 2.20. The summed E-state index contributed by atoms with van der Waals surface area (Å²) in [4.78, 5) is 3.12. The van der Waals surface area contributed by atoms with E-state index in [2.05, 4.69) is 4.98 Å². The molecule has 0 atom stereocenters. The zero-order valence-electron chi connectivity index (χ0n) is 9.99. The molecule has 1 aromatic carbocycles. The first kappa shape index (κ1) is 11.9. The van der Waals surface area contributed by atoms with Gasteiger partial charge in [-0.15, -0.1) is 0 Å². The minimum atomic E-state index is -0.225. The van der Waals surface area contributed by atoms with Gasteiger partial charge in [0.25, 0.3) is 0 Å². The third-order valence-electron chi connectivity index (χ3n) is 3.52. The zero-order valence-corrected chi connectivity index (χ0v) is 10.8. The van der Waals surface area contributed by atoms with Crippen LogP contribution in [0, 0.1) is 16.5 Å². The minimum absolute atomic E-state index is 0.225. The Kier molecular flexibility index (Phi) is 3.18. The number of fused-ring (bicyclic) bond motifs is 1. The molecule has 1 N–H and O–H groups in total. The quantitative estimate of drug-likeness (QED) is 0.846. The molecule has 18 heavy (non-hydrogen) atoms. The van der Waals surface area contributed by atoms with E-state index >= 15 is 0 Å². The predicted octanol–water partition coefficient (Wildman–Crippen LogP) is 3.26. The van der Waals surface area contributed by atoms with Crippen LogP contribution in [-0.4, -0.2) is 22.8 Å². The highest BCUT2D eigenvalue weighted by atomic mass is 32.1. The number of aromatic amines is 1. The maximum absolute atomic E-state index is 13.3. The van der Waals surface area contributed by atoms with Crippen molar-refractivity contribution in [2.24, 2.45) is 5.92 Å². The summed E-state index contributed by atoms with van der Waals surface area (Å²) in [6.45, 7) is 2.47. The molecule has 1 aromatic heterocycles. The van der Waals surface area contributed by atoms with Crippen LogP contribution in [0.1, 0.15) is 12.8 Å². The van der Waals surface area contributed by atoms with Gasteiger partial charge in [-0.05, 0) is 49.2 Å². The van der Waals surface area contributed by atoms with Gasteiger partial charge >= 0.3 is 0 Å². The highest BCUT2D eigenvalue weighted by molar-refractivity contribution is 7.71. The van der Waals surface area contributed by atoms with Gasteiger partial charge < -0.3 is 14.3 Å². The van der Waals surface area contributed by atoms with E-state index in [0.717, 1.165) is 43.6 Å². The second-order valence-electron chi connectivity index (χ2n) is 4.76. The molecule has 1 aliphatic rings. The predicted molar refractivity (Wildman–Crippen MR) is 70.6 cm³/mol. The lowest BCUT2D eigenvalue weighted by Crippen LogP contribution is -2.20. The lowest BCUT2D eigenvalue weighted by Gasteiger charge is -2.22. The van der Waals surface area contributed by atoms with Gasteiger partial charge in [-0.3, -0.25) is 0 Å². The summed E-state index contributed by atoms with van der Waals surface area (Å²) in [6, 6.07) is 4.73. The van der Waals surface area contributed by atoms with Gasteiger partial charge in [-0.1, -0.05) is 0 Å². The summed E-state index contributed by atoms with van der Waals surface area (Å²) in [5.41, 5.74) is 1.75. The first-order chi connectivity index (χ1) is 8.74. The molecule has 0 aliphatic carbocycles. The molecule has 5 heteroatoms. The summed E-state index contributed by atoms with van der Waals surface area (Å²) in [5.74, 6) is 0.338. The Morgan fingerprint density at radius 1 is 1.39 bits per heavy atom. The topological polar surface area (TPSA) is 29.9 Å². The van der Waals surface area contributed by atoms with Crippen molar-refractivity contribution >= 4 is 23.3 Å². The minimum Gasteiger partial charge on any atom is -0.381 e. The Bertz CT molecular complexity index is 613. The first-order valence-corrected chi connectivity index (χ1v) is 6.60. The van der Waals surface area contributed by atoms with E-state index in [4.69, 9.17) is 17.0 Å². The monoisotopic (exact) mass is 266 g/mol. The van der Waals surface area contributed by atoms with E-state index in [1.165, 1.54) is 6.07 Å². The largest absolute Gasteiger partial charge is 0.381 e. The standard InChI is InChI=1S/C13H15FN2OS/c14-10-1-2-11-12(7-10)16(13(18)15-11)8-9-3-5-17-6-4-9/h1-2,7,9H,3-6,8H2,(H,15,18). The van der Waals surface area contributed by atoms with Crippen molar-refractivity contribution < 1.29 is 9.13 Å². The molecule has 0 saturated carbocycles. The number of nitrogens with zero attached hydrogens (tertiary/aromatic N) is 1. The number of benzene rings is 1. The Balaban J connectivity index is 1.97. The molecule has 0 unspecified atom stereocenters. The van der Waals surface area contributed by atoms with Gasteiger partial charge in [-0.25, -0.2) is 4.39 Å². The Morgan fingerprint density at radius 3 is 2.94 bits per heavy atom. The van der Waals surface area contributed by atoms with Crippen LogP contribution in [0.2, 0.25) is 0 Å². The Morgan fingerprint density at radius 2 is 2.17 bits per heavy atom. The highest BCUT2D eigenvalue weighted by Crippen LogP contribution is 2.21. The van der Waals surface area contributed by atoms with Gasteiger partial charge in [0.05, 0.1) is 11.0 Å². The van der Waals surface area contributed by atoms with Crippen molar-refractivity contribution in [3.63, 3.8) is 0 Å². The molecular weight excluding hydrogens is 251 g/mol. The highest BCUT2D eigenvalue weighted by Gasteiger charge is 2.16. The van der Waals surface area contributed by atoms with Gasteiger partial charge in [0.2, 0.25) is 0 Å². The second kappa shape index (κ2) is 4.82. The van der Waals surface area contributed by atoms with E-state index < -0.39 is 0 Å². The number of aromatic nitrogens is 2. The molecule has 1 fully saturated rings. The summed E-state index contributed by atoms with van der Waals surface area (Å²) in [5, 5.41) is 0. The fourth-order valence-corrected chi connectivity index (χ4v) is 2.78. The fraction of sp³-hybridized carbons (Fsp3) is 0.462. The SMILES string of the molecule is Fc1ccc2[nH]c(=S)n(CC3CCOCC3)c2c1. The molecular formula is C13H15FN2OS. The van der Waals surface area contributed by atoms with E-state index in [1.54, 1.807) is 12.1 Å². The molecule has 3 nitrogen and oxygen atoms in total. The van der Waals surface area contributed by atoms with Crippen LogP contribution in [0.5, 0.6) is 0 Å². The maximum atomic E-state index is 13.3. The number of hydrogen-bond acceptors (Lipinski definition) is 2. The lowest BCUT2D eigenvalue weighted by atomic mass is 10.0. The molecule has 0 radical (unpaired) electrons. The first-order valence-electron chi connectivity index (χ1n) is 6.20. The van der Waals surface area contributed by atoms with Gasteiger partial charge in [0.15, 0.2) is 4.77 Å². The molecule has 1 aliphatic heterocycles. The lowest BCUT2D eigenvalue weighted by molar-refractivity contribution is 0.0615. The average Bonchev–Trinajstić information content (AvgIpc) is 2.67. The van der Waals surface area contributed by atoms with Gasteiger partial charge in [-0.2, -0.15) is 0 Å². The number of rotatable bonds is 2. The molecule has 0 spiro atoms. The van der Waals surface area contributed by atoms with Gasteiger partial charge in [0.1, 0.15) is 5.82 Å². The van der Waals surface area contributed by atoms with Crippen molar-refractivity contribution in [3.8, 4) is 0 Å². The Labute approximate surface area is 110 Å². The van der Waals surface area contributed by atoms with Crippen molar-refractivity contribution in [1.82, 2.24) is 9.55 Å². The van der Waals surface area contributed by atoms with Crippen LogP contribution < -0.4 is 0 Å². The smallest absolute Gasteiger partial charge is 0.178 e. The molecule has 1 saturated heterocycles. The van der Waals surface area contributed by atoms with E-state index in [9.17, 15) is 4.39 Å². The zero-order chi connectivity index (χ0) is 12.5. The number of nitrogens with one attached hydrogen (secondary N) is 1. The maximum Gasteiger partial charge on any atom is 0.178 e. The number of imidazole rings is 1. The fourth-order valence-electron chi connectivity index (χ4n) is 2.49. The summed E-state index contributed by atoms with van der Waals surface area (Å²) in [7, 11) is 0. The van der Waals surface area contributed by atoms with Crippen LogP contribution in [-0.2, 0) is 11.3 Å². The van der Waals surface area contributed by atoms with Crippen LogP contribution in [0.25, 0.3) is 11.0 Å². The summed E-state index contributed by atoms with van der Waals surface area (Å²) >= 11 is 5.32. The Hall–Kier alpha value is -1.20. The van der Waals surface area contributed by atoms with E-state index in [1.807, 2.05) is 4.57 Å². The molecule has 0 bridgehead atoms. The number of hydrogen-bond donors (Lipinski definition) is 1. The number of halogens is 1. The third-order valence-corrected chi connectivity index (χ3v) is 3.84. The van der Waals surface area contributed by atoms with E-state index in [0.29, 0.717) is 10.7 Å². The van der Waals surface area contributed by atoms with Crippen molar-refractivity contribution in [2.75, 3.05) is 13.2 Å². The van der Waals surface area contributed by atoms with Crippen LogP contribution in [0.3, 0.4) is 0 Å². The molecule has 3 rings (SSSR count). The van der Waals surface area contributed by atoms with Crippen LogP contribution in [0.15, 0.2) is 18.2 Å². The van der Waals surface area contributed by atoms with Crippen LogP contribution >= 0.6 is 12.2 Å². The van der Waals surface area contributed by atoms with E-state index in [-0.39, 0.29) is 5.82 Å². The summed E-state index contributed by atoms with van der Waals surface area (Å²) in [6.07, 6.45) is 2.09. The molecule has 2 heterocycles. The number of ether oxygens (including phenoxy) is 1. The van der Waals surface area contributed by atoms with Crippen molar-refractivity contribution in [1.29, 1.82) is 0 Å².